The van der Waals surface area contributed by atoms with E-state index in [0.29, 0.717) is 6.42 Å². The summed E-state index contributed by atoms with van der Waals surface area (Å²) in [5, 5.41) is 25.1. The van der Waals surface area contributed by atoms with Gasteiger partial charge in [-0.05, 0) is 24.1 Å². The molecule has 1 aromatic rings. The average molecular weight is 379 g/mol. The third kappa shape index (κ3) is 2.66. The Balaban J connectivity index is 1.56. The van der Waals surface area contributed by atoms with Crippen LogP contribution in [0, 0.1) is 0 Å². The molecule has 0 saturated carbocycles. The molecule has 4 rings (SSSR count). The summed E-state index contributed by atoms with van der Waals surface area (Å²) in [4.78, 5) is 23.8. The largest absolute Gasteiger partial charge is 0.475 e. The Labute approximate surface area is 152 Å². The molecule has 10 heteroatoms. The van der Waals surface area contributed by atoms with E-state index >= 15 is 0 Å². The number of nitrogens with one attached hydrogen (secondary N) is 2. The fraction of sp³-hybridized carbons (Fsp3) is 0.375. The molecule has 0 radical (unpaired) electrons. The number of carboxylic acids is 2. The first-order valence-electron chi connectivity index (χ1n) is 8.02. The van der Waals surface area contributed by atoms with E-state index in [4.69, 9.17) is 15.2 Å². The molecular formula is C16H17N3O6S. The van der Waals surface area contributed by atoms with Crippen molar-refractivity contribution in [3.05, 3.63) is 34.4 Å². The number of fused-ring (bicyclic) bond motifs is 1. The molecule has 138 valence electrons. The number of carbonyl (C=O) groups is 2. The molecule has 0 spiro atoms. The van der Waals surface area contributed by atoms with Crippen molar-refractivity contribution in [3.63, 3.8) is 0 Å². The number of benzene rings is 1. The zero-order valence-electron chi connectivity index (χ0n) is 13.5. The molecule has 26 heavy (non-hydrogen) atoms. The molecule has 6 N–H and O–H groups in total. The normalized spacial score (nSPS) is 25.6. The molecule has 0 fully saturated rings. The van der Waals surface area contributed by atoms with Crippen LogP contribution in [0.25, 0.3) is 0 Å². The molecule has 3 aliphatic rings. The molecular weight excluding hydrogens is 362 g/mol. The van der Waals surface area contributed by atoms with E-state index in [0.717, 1.165) is 24.2 Å². The predicted molar refractivity (Wildman–Crippen MR) is 91.5 cm³/mol. The topological polar surface area (TPSA) is 143 Å². The fourth-order valence-electron chi connectivity index (χ4n) is 3.27. The van der Waals surface area contributed by atoms with Crippen molar-refractivity contribution in [1.29, 1.82) is 0 Å². The molecule has 2 unspecified atom stereocenters. The number of rotatable bonds is 4. The summed E-state index contributed by atoms with van der Waals surface area (Å²) in [6, 6.07) is 4.99. The molecule has 2 atom stereocenters. The summed E-state index contributed by atoms with van der Waals surface area (Å²) >= 11 is 1.58. The SMILES string of the molecule is NC1NC2=C(S1)C(Cc1ccc3c(c1)OC(C(=O)O)(C(=O)O)O3)NCC2. The third-order valence-corrected chi connectivity index (χ3v) is 5.63. The van der Waals surface area contributed by atoms with Crippen LogP contribution in [0.2, 0.25) is 0 Å². The number of hydrogen-bond donors (Lipinski definition) is 5. The van der Waals surface area contributed by atoms with Crippen LogP contribution in [-0.2, 0) is 16.0 Å². The van der Waals surface area contributed by atoms with Gasteiger partial charge < -0.3 is 36.1 Å². The van der Waals surface area contributed by atoms with Crippen LogP contribution in [0.1, 0.15) is 12.0 Å². The first-order valence-corrected chi connectivity index (χ1v) is 8.90. The van der Waals surface area contributed by atoms with Gasteiger partial charge in [-0.2, -0.15) is 0 Å². The Kier molecular flexibility index (Phi) is 3.98. The van der Waals surface area contributed by atoms with Crippen molar-refractivity contribution in [3.8, 4) is 11.5 Å². The van der Waals surface area contributed by atoms with Gasteiger partial charge in [0.05, 0.1) is 0 Å². The zero-order chi connectivity index (χ0) is 18.5. The van der Waals surface area contributed by atoms with Crippen LogP contribution < -0.4 is 25.8 Å². The van der Waals surface area contributed by atoms with Crippen molar-refractivity contribution in [2.75, 3.05) is 6.54 Å². The van der Waals surface area contributed by atoms with Gasteiger partial charge in [-0.3, -0.25) is 0 Å². The van der Waals surface area contributed by atoms with Crippen LogP contribution in [0.4, 0.5) is 0 Å². The van der Waals surface area contributed by atoms with Crippen molar-refractivity contribution >= 4 is 23.7 Å². The fourth-order valence-corrected chi connectivity index (χ4v) is 4.38. The Morgan fingerprint density at radius 2 is 2.00 bits per heavy atom. The van der Waals surface area contributed by atoms with Gasteiger partial charge in [0.15, 0.2) is 11.5 Å². The summed E-state index contributed by atoms with van der Waals surface area (Å²) in [5.41, 5.74) is 7.82. The summed E-state index contributed by atoms with van der Waals surface area (Å²) in [5.74, 6) is -5.97. The first kappa shape index (κ1) is 17.0. The second-order valence-electron chi connectivity index (χ2n) is 6.20. The molecule has 0 aromatic heterocycles. The van der Waals surface area contributed by atoms with Gasteiger partial charge in [0.2, 0.25) is 0 Å². The molecule has 0 amide bonds. The monoisotopic (exact) mass is 379 g/mol. The lowest BCUT2D eigenvalue weighted by atomic mass is 10.0. The lowest BCUT2D eigenvalue weighted by molar-refractivity contribution is -0.194. The van der Waals surface area contributed by atoms with Crippen LogP contribution in [0.3, 0.4) is 0 Å². The van der Waals surface area contributed by atoms with E-state index in [1.807, 2.05) is 0 Å². The zero-order valence-corrected chi connectivity index (χ0v) is 14.3. The Hall–Kier alpha value is -2.43. The standard InChI is InChI=1S/C16H17N3O6S/c17-15-19-8-3-4-18-9(12(8)26-15)5-7-1-2-10-11(6-7)25-16(24-10,13(20)21)14(22)23/h1-2,6,9,15,18-19H,3-5,17H2,(H,20,21)(H,22,23). The quantitative estimate of drug-likeness (QED) is 0.454. The van der Waals surface area contributed by atoms with E-state index < -0.39 is 17.7 Å². The van der Waals surface area contributed by atoms with Gasteiger partial charge in [0.25, 0.3) is 0 Å². The maximum atomic E-state index is 11.3. The van der Waals surface area contributed by atoms with E-state index in [-0.39, 0.29) is 23.0 Å². The number of nitrogens with two attached hydrogens (primary N) is 1. The van der Waals surface area contributed by atoms with Crippen molar-refractivity contribution in [2.45, 2.75) is 30.2 Å². The number of carboxylic acid groups (broad SMARTS) is 2. The number of aliphatic carboxylic acids is 2. The van der Waals surface area contributed by atoms with Gasteiger partial charge in [-0.1, -0.05) is 17.8 Å². The smallest absolute Gasteiger partial charge is 0.453 e. The van der Waals surface area contributed by atoms with Gasteiger partial charge in [0, 0.05) is 29.6 Å². The molecule has 9 nitrogen and oxygen atoms in total. The van der Waals surface area contributed by atoms with E-state index in [2.05, 4.69) is 10.6 Å². The summed E-state index contributed by atoms with van der Waals surface area (Å²) in [6.45, 7) is 0.829. The van der Waals surface area contributed by atoms with Crippen LogP contribution in [0.15, 0.2) is 28.8 Å². The second-order valence-corrected chi connectivity index (χ2v) is 7.38. The highest BCUT2D eigenvalue weighted by molar-refractivity contribution is 8.03. The minimum absolute atomic E-state index is 0.0777. The Morgan fingerprint density at radius 3 is 2.73 bits per heavy atom. The van der Waals surface area contributed by atoms with E-state index in [9.17, 15) is 19.8 Å². The van der Waals surface area contributed by atoms with Crippen molar-refractivity contribution < 1.29 is 29.3 Å². The lowest BCUT2D eigenvalue weighted by Gasteiger charge is -2.25. The van der Waals surface area contributed by atoms with Gasteiger partial charge >= 0.3 is 17.7 Å². The highest BCUT2D eigenvalue weighted by Crippen LogP contribution is 2.41. The Bertz CT molecular complexity index is 812. The molecule has 1 aromatic carbocycles. The maximum absolute atomic E-state index is 11.3. The molecule has 3 heterocycles. The van der Waals surface area contributed by atoms with Crippen molar-refractivity contribution in [1.82, 2.24) is 10.6 Å². The summed E-state index contributed by atoms with van der Waals surface area (Å²) in [7, 11) is 0. The number of ether oxygens (including phenoxy) is 2. The minimum atomic E-state index is -2.74. The summed E-state index contributed by atoms with van der Waals surface area (Å²) < 4.78 is 10.2. The molecule has 0 bridgehead atoms. The highest BCUT2D eigenvalue weighted by Gasteiger charge is 2.57. The van der Waals surface area contributed by atoms with E-state index in [1.165, 1.54) is 11.0 Å². The van der Waals surface area contributed by atoms with Crippen LogP contribution >= 0.6 is 11.8 Å². The number of thioether (sulfide) groups is 1. The summed E-state index contributed by atoms with van der Waals surface area (Å²) in [6.07, 6.45) is 1.53. The number of hydrogen-bond acceptors (Lipinski definition) is 8. The Morgan fingerprint density at radius 1 is 1.27 bits per heavy atom. The maximum Gasteiger partial charge on any atom is 0.453 e. The second kappa shape index (κ2) is 6.08. The molecule has 3 aliphatic heterocycles. The first-order chi connectivity index (χ1) is 12.4. The van der Waals surface area contributed by atoms with Gasteiger partial charge in [-0.25, -0.2) is 9.59 Å². The van der Waals surface area contributed by atoms with Gasteiger partial charge in [0.1, 0.15) is 5.50 Å². The minimum Gasteiger partial charge on any atom is -0.475 e. The van der Waals surface area contributed by atoms with Gasteiger partial charge in [-0.15, -0.1) is 0 Å². The van der Waals surface area contributed by atoms with Crippen LogP contribution in [-0.4, -0.2) is 46.0 Å². The average Bonchev–Trinajstić information content (AvgIpc) is 3.15. The molecule has 0 aliphatic carbocycles. The predicted octanol–water partition coefficient (Wildman–Crippen LogP) is 0.0180. The van der Waals surface area contributed by atoms with E-state index in [1.54, 1.807) is 23.9 Å². The third-order valence-electron chi connectivity index (χ3n) is 4.47. The highest BCUT2D eigenvalue weighted by atomic mass is 32.2. The van der Waals surface area contributed by atoms with Crippen LogP contribution in [0.5, 0.6) is 11.5 Å². The van der Waals surface area contributed by atoms with Crippen molar-refractivity contribution in [2.24, 2.45) is 5.73 Å². The lowest BCUT2D eigenvalue weighted by Crippen LogP contribution is -2.54. The molecule has 0 saturated heterocycles.